The molecular weight excluding hydrogens is 349 g/mol. The highest BCUT2D eigenvalue weighted by Gasteiger charge is 2.37. The second-order valence-electron chi connectivity index (χ2n) is 5.70. The lowest BCUT2D eigenvalue weighted by Gasteiger charge is -2.42. The van der Waals surface area contributed by atoms with Gasteiger partial charge in [-0.15, -0.1) is 30.4 Å². The number of nitrogens with zero attached hydrogens (tertiary/aromatic N) is 1. The molecule has 1 rings (SSSR count). The van der Waals surface area contributed by atoms with Gasteiger partial charge in [-0.05, 0) is 37.5 Å². The highest BCUT2D eigenvalue weighted by atomic mass is 127. The van der Waals surface area contributed by atoms with Crippen molar-refractivity contribution in [3.05, 3.63) is 0 Å². The maximum atomic E-state index is 5.26. The maximum absolute atomic E-state index is 5.26. The second kappa shape index (κ2) is 9.46. The highest BCUT2D eigenvalue weighted by Crippen LogP contribution is 2.46. The molecule has 0 aromatic rings. The summed E-state index contributed by atoms with van der Waals surface area (Å²) < 4.78 is 0. The van der Waals surface area contributed by atoms with Crippen LogP contribution in [0.2, 0.25) is 0 Å². The molecule has 4 heteroatoms. The molecule has 1 aliphatic rings. The molecule has 1 fully saturated rings. The van der Waals surface area contributed by atoms with E-state index < -0.39 is 0 Å². The van der Waals surface area contributed by atoms with Crippen LogP contribution in [0.3, 0.4) is 0 Å². The number of hydrogen-bond acceptors (Lipinski definition) is 1. The van der Waals surface area contributed by atoms with Gasteiger partial charge in [0.1, 0.15) is 0 Å². The van der Waals surface area contributed by atoms with Gasteiger partial charge < -0.3 is 10.6 Å². The lowest BCUT2D eigenvalue weighted by molar-refractivity contribution is 0.111. The molecule has 0 aliphatic heterocycles. The predicted octanol–water partition coefficient (Wildman–Crippen LogP) is 3.01. The molecule has 0 saturated heterocycles. The largest absolute Gasteiger partial charge is 0.357 e. The molecule has 2 N–H and O–H groups in total. The molecule has 110 valence electrons. The molecule has 19 heavy (non-hydrogen) atoms. The first-order valence-electron chi connectivity index (χ1n) is 7.07. The summed E-state index contributed by atoms with van der Waals surface area (Å²) in [6.07, 6.45) is 10.5. The Hall–Kier alpha value is -0.440. The van der Waals surface area contributed by atoms with Crippen molar-refractivity contribution in [1.82, 2.24) is 10.6 Å². The van der Waals surface area contributed by atoms with Crippen molar-refractivity contribution in [3.8, 4) is 12.3 Å². The Balaban J connectivity index is 0.00000324. The number of nitrogens with one attached hydrogen (secondary N) is 2. The van der Waals surface area contributed by atoms with E-state index in [1.165, 1.54) is 25.7 Å². The molecule has 3 nitrogen and oxygen atoms in total. The van der Waals surface area contributed by atoms with Gasteiger partial charge in [0.2, 0.25) is 0 Å². The van der Waals surface area contributed by atoms with E-state index in [4.69, 9.17) is 11.4 Å². The monoisotopic (exact) mass is 377 g/mol. The normalized spacial score (nSPS) is 17.1. The zero-order chi connectivity index (χ0) is 13.4. The van der Waals surface area contributed by atoms with E-state index >= 15 is 0 Å². The minimum Gasteiger partial charge on any atom is -0.357 e. The van der Waals surface area contributed by atoms with E-state index in [1.807, 2.05) is 0 Å². The van der Waals surface area contributed by atoms with Crippen LogP contribution in [0.5, 0.6) is 0 Å². The standard InChI is InChI=1S/C15H27N3.HI/c1-5-10-17-14(16-6-2)18-12-15(8-7-9-15)11-13(3)4;/h1,13H,6-12H2,2-4H3,(H2,16,17,18);1H. The zero-order valence-corrected chi connectivity index (χ0v) is 14.8. The van der Waals surface area contributed by atoms with Crippen molar-refractivity contribution in [2.24, 2.45) is 16.3 Å². The molecule has 0 spiro atoms. The second-order valence-corrected chi connectivity index (χ2v) is 5.70. The lowest BCUT2D eigenvalue weighted by atomic mass is 9.64. The van der Waals surface area contributed by atoms with Gasteiger partial charge in [0.05, 0.1) is 6.54 Å². The number of guanidine groups is 1. The Labute approximate surface area is 135 Å². The van der Waals surface area contributed by atoms with Gasteiger partial charge in [-0.25, -0.2) is 0 Å². The molecule has 0 heterocycles. The molecule has 0 radical (unpaired) electrons. The molecule has 1 saturated carbocycles. The topological polar surface area (TPSA) is 36.4 Å². The van der Waals surface area contributed by atoms with Gasteiger partial charge in [0.15, 0.2) is 5.96 Å². The minimum atomic E-state index is 0. The van der Waals surface area contributed by atoms with Gasteiger partial charge in [0.25, 0.3) is 0 Å². The first-order valence-corrected chi connectivity index (χ1v) is 7.07. The Bertz CT molecular complexity index is 314. The van der Waals surface area contributed by atoms with Crippen LogP contribution in [0.1, 0.15) is 46.5 Å². The summed E-state index contributed by atoms with van der Waals surface area (Å²) >= 11 is 0. The summed E-state index contributed by atoms with van der Waals surface area (Å²) in [6, 6.07) is 0. The van der Waals surface area contributed by atoms with E-state index in [0.29, 0.717) is 12.0 Å². The average molecular weight is 377 g/mol. The van der Waals surface area contributed by atoms with Gasteiger partial charge in [-0.2, -0.15) is 0 Å². The van der Waals surface area contributed by atoms with Crippen molar-refractivity contribution in [2.45, 2.75) is 46.5 Å². The van der Waals surface area contributed by atoms with Crippen LogP contribution in [-0.2, 0) is 0 Å². The van der Waals surface area contributed by atoms with Crippen LogP contribution in [0, 0.1) is 23.7 Å². The van der Waals surface area contributed by atoms with Gasteiger partial charge >= 0.3 is 0 Å². The Morgan fingerprint density at radius 3 is 2.47 bits per heavy atom. The molecule has 0 bridgehead atoms. The van der Waals surface area contributed by atoms with Crippen LogP contribution in [0.15, 0.2) is 4.99 Å². The first-order chi connectivity index (χ1) is 8.62. The Morgan fingerprint density at radius 2 is 2.05 bits per heavy atom. The summed E-state index contributed by atoms with van der Waals surface area (Å²) in [7, 11) is 0. The van der Waals surface area contributed by atoms with Crippen molar-refractivity contribution >= 4 is 29.9 Å². The fraction of sp³-hybridized carbons (Fsp3) is 0.800. The SMILES string of the molecule is C#CCNC(=NCC1(CC(C)C)CCC1)NCC.I. The molecule has 0 amide bonds. The summed E-state index contributed by atoms with van der Waals surface area (Å²) in [4.78, 5) is 4.70. The highest BCUT2D eigenvalue weighted by molar-refractivity contribution is 14.0. The van der Waals surface area contributed by atoms with Gasteiger partial charge in [0, 0.05) is 13.1 Å². The fourth-order valence-corrected chi connectivity index (χ4v) is 2.69. The number of hydrogen-bond donors (Lipinski definition) is 2. The van der Waals surface area contributed by atoms with Crippen molar-refractivity contribution in [2.75, 3.05) is 19.6 Å². The number of halogens is 1. The van der Waals surface area contributed by atoms with Crippen LogP contribution in [0.4, 0.5) is 0 Å². The smallest absolute Gasteiger partial charge is 0.192 e. The number of terminal acetylenes is 1. The summed E-state index contributed by atoms with van der Waals surface area (Å²) in [5.74, 6) is 4.19. The lowest BCUT2D eigenvalue weighted by Crippen LogP contribution is -2.40. The van der Waals surface area contributed by atoms with Crippen molar-refractivity contribution in [3.63, 3.8) is 0 Å². The molecule has 0 atom stereocenters. The quantitative estimate of drug-likeness (QED) is 0.323. The van der Waals surface area contributed by atoms with Crippen LogP contribution in [-0.4, -0.2) is 25.6 Å². The summed E-state index contributed by atoms with van der Waals surface area (Å²) in [6.45, 7) is 8.99. The number of rotatable bonds is 6. The number of aliphatic imine (C=N–C) groups is 1. The molecule has 0 aromatic heterocycles. The third-order valence-corrected chi connectivity index (χ3v) is 3.53. The third-order valence-electron chi connectivity index (χ3n) is 3.53. The Morgan fingerprint density at radius 1 is 1.37 bits per heavy atom. The van der Waals surface area contributed by atoms with Crippen molar-refractivity contribution in [1.29, 1.82) is 0 Å². The van der Waals surface area contributed by atoms with E-state index in [0.717, 1.165) is 25.0 Å². The third kappa shape index (κ3) is 6.51. The minimum absolute atomic E-state index is 0. The van der Waals surface area contributed by atoms with Crippen LogP contribution in [0.25, 0.3) is 0 Å². The van der Waals surface area contributed by atoms with E-state index in [2.05, 4.69) is 37.3 Å². The Kier molecular flexibility index (Phi) is 9.24. The van der Waals surface area contributed by atoms with E-state index in [9.17, 15) is 0 Å². The van der Waals surface area contributed by atoms with E-state index in [-0.39, 0.29) is 24.0 Å². The summed E-state index contributed by atoms with van der Waals surface area (Å²) in [5.41, 5.74) is 0.451. The van der Waals surface area contributed by atoms with Gasteiger partial charge in [-0.3, -0.25) is 4.99 Å². The summed E-state index contributed by atoms with van der Waals surface area (Å²) in [5, 5.41) is 6.38. The van der Waals surface area contributed by atoms with Crippen LogP contribution < -0.4 is 10.6 Å². The molecule has 0 aromatic carbocycles. The van der Waals surface area contributed by atoms with Crippen molar-refractivity contribution < 1.29 is 0 Å². The first kappa shape index (κ1) is 18.6. The fourth-order valence-electron chi connectivity index (χ4n) is 2.69. The molecule has 0 unspecified atom stereocenters. The maximum Gasteiger partial charge on any atom is 0.192 e. The van der Waals surface area contributed by atoms with Crippen LogP contribution >= 0.6 is 24.0 Å². The molecular formula is C15H28IN3. The predicted molar refractivity (Wildman–Crippen MR) is 94.0 cm³/mol. The zero-order valence-electron chi connectivity index (χ0n) is 12.5. The average Bonchev–Trinajstić information content (AvgIpc) is 2.28. The molecule has 1 aliphatic carbocycles. The van der Waals surface area contributed by atoms with Gasteiger partial charge in [-0.1, -0.05) is 26.2 Å². The van der Waals surface area contributed by atoms with E-state index in [1.54, 1.807) is 0 Å².